The first-order chi connectivity index (χ1) is 10.0. The smallest absolute Gasteiger partial charge is 0.241 e. The van der Waals surface area contributed by atoms with E-state index in [1.165, 1.54) is 0 Å². The van der Waals surface area contributed by atoms with E-state index in [-0.39, 0.29) is 11.9 Å². The van der Waals surface area contributed by atoms with Crippen LogP contribution in [0.1, 0.15) is 11.1 Å². The zero-order valence-corrected chi connectivity index (χ0v) is 13.3. The Hall–Kier alpha value is -1.59. The van der Waals surface area contributed by atoms with Gasteiger partial charge in [0.1, 0.15) is 11.8 Å². The molecule has 0 spiro atoms. The fourth-order valence-corrected chi connectivity index (χ4v) is 2.73. The molecule has 1 fully saturated rings. The van der Waals surface area contributed by atoms with E-state index in [0.29, 0.717) is 6.54 Å². The first-order valence-electron chi connectivity index (χ1n) is 7.32. The first-order valence-corrected chi connectivity index (χ1v) is 7.32. The number of carbonyl (C=O) groups is 1. The molecule has 0 unspecified atom stereocenters. The molecule has 21 heavy (non-hydrogen) atoms. The van der Waals surface area contributed by atoms with Crippen molar-refractivity contribution >= 4 is 5.91 Å². The molecule has 1 amide bonds. The number of nitrogens with zero attached hydrogens (tertiary/aromatic N) is 2. The van der Waals surface area contributed by atoms with Gasteiger partial charge in [-0.05, 0) is 31.2 Å². The minimum atomic E-state index is -0.0666. The lowest BCUT2D eigenvalue weighted by Gasteiger charge is -2.34. The van der Waals surface area contributed by atoms with Gasteiger partial charge in [-0.25, -0.2) is 0 Å². The van der Waals surface area contributed by atoms with Gasteiger partial charge in [0, 0.05) is 33.2 Å². The Labute approximate surface area is 126 Å². The van der Waals surface area contributed by atoms with Crippen molar-refractivity contribution in [3.8, 4) is 5.75 Å². The summed E-state index contributed by atoms with van der Waals surface area (Å²) in [4.78, 5) is 16.5. The number of nitrogens with one attached hydrogen (secondary N) is 1. The summed E-state index contributed by atoms with van der Waals surface area (Å²) >= 11 is 0. The Morgan fingerprint density at radius 1 is 1.52 bits per heavy atom. The highest BCUT2D eigenvalue weighted by Crippen LogP contribution is 2.19. The van der Waals surface area contributed by atoms with Crippen LogP contribution in [0.4, 0.5) is 0 Å². The summed E-state index contributed by atoms with van der Waals surface area (Å²) in [6.07, 6.45) is 0. The Balaban J connectivity index is 2.01. The lowest BCUT2D eigenvalue weighted by atomic mass is 10.1. The average Bonchev–Trinajstić information content (AvgIpc) is 2.47. The molecule has 1 aromatic carbocycles. The van der Waals surface area contributed by atoms with Crippen molar-refractivity contribution in [3.05, 3.63) is 29.3 Å². The van der Waals surface area contributed by atoms with E-state index in [0.717, 1.165) is 36.5 Å². The van der Waals surface area contributed by atoms with E-state index in [2.05, 4.69) is 16.3 Å². The number of methoxy groups -OCH3 is 1. The quantitative estimate of drug-likeness (QED) is 0.894. The maximum absolute atomic E-state index is 12.5. The summed E-state index contributed by atoms with van der Waals surface area (Å²) in [6, 6.07) is 5.98. The van der Waals surface area contributed by atoms with Gasteiger partial charge in [0.05, 0.1) is 7.11 Å². The van der Waals surface area contributed by atoms with Crippen molar-refractivity contribution in [1.82, 2.24) is 15.1 Å². The van der Waals surface area contributed by atoms with Crippen LogP contribution < -0.4 is 10.1 Å². The van der Waals surface area contributed by atoms with E-state index in [1.54, 1.807) is 12.0 Å². The number of hydrogen-bond donors (Lipinski definition) is 1. The van der Waals surface area contributed by atoms with Crippen LogP contribution in [0.5, 0.6) is 5.75 Å². The highest BCUT2D eigenvalue weighted by atomic mass is 16.5. The molecule has 116 valence electrons. The molecule has 0 aromatic heterocycles. The SMILES string of the molecule is COc1ccc(CN(C)C(=O)[C@@H]2CNCCN2C)cc1C. The van der Waals surface area contributed by atoms with Crippen LogP contribution in [-0.2, 0) is 11.3 Å². The zero-order chi connectivity index (χ0) is 15.4. The molecule has 0 aliphatic carbocycles. The first kappa shape index (κ1) is 15.8. The second-order valence-electron chi connectivity index (χ2n) is 5.70. The standard InChI is InChI=1S/C16H25N3O2/c1-12-9-13(5-6-15(12)21-4)11-19(3)16(20)14-10-17-7-8-18(14)2/h5-6,9,14,17H,7-8,10-11H2,1-4H3/t14-/m0/s1. The van der Waals surface area contributed by atoms with Crippen molar-refractivity contribution < 1.29 is 9.53 Å². The van der Waals surface area contributed by atoms with E-state index in [9.17, 15) is 4.79 Å². The molecule has 0 radical (unpaired) electrons. The minimum absolute atomic E-state index is 0.0666. The van der Waals surface area contributed by atoms with Gasteiger partial charge < -0.3 is 15.0 Å². The summed E-state index contributed by atoms with van der Waals surface area (Å²) in [6.45, 7) is 5.21. The Morgan fingerprint density at radius 2 is 2.29 bits per heavy atom. The third-order valence-corrected chi connectivity index (χ3v) is 4.05. The van der Waals surface area contributed by atoms with Crippen LogP contribution in [0.15, 0.2) is 18.2 Å². The number of amides is 1. The highest BCUT2D eigenvalue weighted by Gasteiger charge is 2.28. The average molecular weight is 291 g/mol. The van der Waals surface area contributed by atoms with Crippen molar-refractivity contribution in [2.75, 3.05) is 40.8 Å². The summed E-state index contributed by atoms with van der Waals surface area (Å²) in [7, 11) is 5.54. The van der Waals surface area contributed by atoms with E-state index in [4.69, 9.17) is 4.74 Å². The molecule has 1 aliphatic heterocycles. The minimum Gasteiger partial charge on any atom is -0.496 e. The van der Waals surface area contributed by atoms with Crippen molar-refractivity contribution in [1.29, 1.82) is 0 Å². The van der Waals surface area contributed by atoms with Gasteiger partial charge in [-0.15, -0.1) is 0 Å². The molecule has 1 saturated heterocycles. The van der Waals surface area contributed by atoms with Gasteiger partial charge in [-0.1, -0.05) is 12.1 Å². The van der Waals surface area contributed by atoms with Gasteiger partial charge in [0.2, 0.25) is 5.91 Å². The third-order valence-electron chi connectivity index (χ3n) is 4.05. The number of piperazine rings is 1. The van der Waals surface area contributed by atoms with Gasteiger partial charge in [-0.2, -0.15) is 0 Å². The van der Waals surface area contributed by atoms with E-state index >= 15 is 0 Å². The summed E-state index contributed by atoms with van der Waals surface area (Å²) in [5.74, 6) is 1.04. The van der Waals surface area contributed by atoms with Crippen LogP contribution in [-0.4, -0.2) is 62.6 Å². The predicted octanol–water partition coefficient (Wildman–Crippen LogP) is 0.866. The maximum atomic E-state index is 12.5. The molecule has 1 N–H and O–H groups in total. The molecule has 1 aromatic rings. The third kappa shape index (κ3) is 3.74. The molecule has 0 saturated carbocycles. The van der Waals surface area contributed by atoms with Crippen LogP contribution in [0.2, 0.25) is 0 Å². The topological polar surface area (TPSA) is 44.8 Å². The van der Waals surface area contributed by atoms with Crippen molar-refractivity contribution in [2.24, 2.45) is 0 Å². The monoisotopic (exact) mass is 291 g/mol. The summed E-state index contributed by atoms with van der Waals surface area (Å²) < 4.78 is 5.27. The van der Waals surface area contributed by atoms with E-state index < -0.39 is 0 Å². The fourth-order valence-electron chi connectivity index (χ4n) is 2.73. The number of likely N-dealkylation sites (N-methyl/N-ethyl adjacent to an activating group) is 2. The van der Waals surface area contributed by atoms with Crippen LogP contribution in [0.25, 0.3) is 0 Å². The Kier molecular flexibility index (Phi) is 5.20. The molecular weight excluding hydrogens is 266 g/mol. The number of ether oxygens (including phenoxy) is 1. The second-order valence-corrected chi connectivity index (χ2v) is 5.70. The lowest BCUT2D eigenvalue weighted by Crippen LogP contribution is -2.56. The normalized spacial score (nSPS) is 19.3. The molecule has 0 bridgehead atoms. The molecular formula is C16H25N3O2. The molecule has 1 atom stereocenters. The van der Waals surface area contributed by atoms with Gasteiger partial charge in [0.25, 0.3) is 0 Å². The molecule has 1 heterocycles. The van der Waals surface area contributed by atoms with Crippen LogP contribution >= 0.6 is 0 Å². The lowest BCUT2D eigenvalue weighted by molar-refractivity contribution is -0.136. The van der Waals surface area contributed by atoms with Crippen molar-refractivity contribution in [3.63, 3.8) is 0 Å². The number of aryl methyl sites for hydroxylation is 1. The second kappa shape index (κ2) is 6.91. The van der Waals surface area contributed by atoms with Gasteiger partial charge in [0.15, 0.2) is 0 Å². The van der Waals surface area contributed by atoms with E-state index in [1.807, 2.05) is 33.2 Å². The zero-order valence-electron chi connectivity index (χ0n) is 13.3. The summed E-state index contributed by atoms with van der Waals surface area (Å²) in [5, 5.41) is 3.28. The van der Waals surface area contributed by atoms with Crippen LogP contribution in [0, 0.1) is 6.92 Å². The molecule has 5 heteroatoms. The molecule has 5 nitrogen and oxygen atoms in total. The maximum Gasteiger partial charge on any atom is 0.241 e. The Morgan fingerprint density at radius 3 is 2.90 bits per heavy atom. The summed E-state index contributed by atoms with van der Waals surface area (Å²) in [5.41, 5.74) is 2.21. The largest absolute Gasteiger partial charge is 0.496 e. The molecule has 2 rings (SSSR count). The van der Waals surface area contributed by atoms with Gasteiger partial charge >= 0.3 is 0 Å². The molecule has 1 aliphatic rings. The number of hydrogen-bond acceptors (Lipinski definition) is 4. The van der Waals surface area contributed by atoms with Crippen LogP contribution in [0.3, 0.4) is 0 Å². The number of benzene rings is 1. The number of rotatable bonds is 4. The highest BCUT2D eigenvalue weighted by molar-refractivity contribution is 5.82. The van der Waals surface area contributed by atoms with Gasteiger partial charge in [-0.3, -0.25) is 9.69 Å². The Bertz CT molecular complexity index is 504. The number of carbonyl (C=O) groups excluding carboxylic acids is 1. The van der Waals surface area contributed by atoms with Crippen molar-refractivity contribution in [2.45, 2.75) is 19.5 Å². The fraction of sp³-hybridized carbons (Fsp3) is 0.562. The predicted molar refractivity (Wildman–Crippen MR) is 83.5 cm³/mol.